The number of nitrogens with zero attached hydrogens (tertiary/aromatic N) is 3. The fourth-order valence-corrected chi connectivity index (χ4v) is 2.20. The molecule has 0 amide bonds. The van der Waals surface area contributed by atoms with E-state index in [1.807, 2.05) is 36.4 Å². The Labute approximate surface area is 190 Å². The van der Waals surface area contributed by atoms with Gasteiger partial charge in [-0.15, -0.1) is 0 Å². The Bertz CT molecular complexity index is 757. The van der Waals surface area contributed by atoms with E-state index in [1.165, 1.54) is 19.0 Å². The smallest absolute Gasteiger partial charge is 0.314 e. The van der Waals surface area contributed by atoms with Crippen molar-refractivity contribution in [1.82, 2.24) is 51.2 Å². The molecule has 1 aliphatic heterocycles. The van der Waals surface area contributed by atoms with Crippen LogP contribution in [0.3, 0.4) is 0 Å². The Morgan fingerprint density at radius 3 is 0.818 bits per heavy atom. The normalized spacial score (nSPS) is 14.2. The zero-order valence-electron chi connectivity index (χ0n) is 18.4. The van der Waals surface area contributed by atoms with Crippen molar-refractivity contribution in [3.05, 3.63) is 86.8 Å². The van der Waals surface area contributed by atoms with Crippen molar-refractivity contribution in [2.45, 2.75) is 0 Å². The zero-order valence-corrected chi connectivity index (χ0v) is 18.4. The summed E-state index contributed by atoms with van der Waals surface area (Å²) in [5.74, 6) is 0. The van der Waals surface area contributed by atoms with E-state index in [9.17, 15) is 14.4 Å². The molecule has 0 saturated carbocycles. The van der Waals surface area contributed by atoms with Crippen LogP contribution in [-0.2, 0) is 0 Å². The fourth-order valence-electron chi connectivity index (χ4n) is 2.20. The van der Waals surface area contributed by atoms with Gasteiger partial charge in [0, 0.05) is 52.4 Å². The Balaban J connectivity index is 0.000000229. The summed E-state index contributed by atoms with van der Waals surface area (Å²) in [6, 6.07) is 12.0. The summed E-state index contributed by atoms with van der Waals surface area (Å²) in [7, 11) is 0. The minimum absolute atomic E-state index is 0.802. The number of rotatable bonds is 0. The number of hydrogen-bond acceptors (Lipinski definition) is 10. The van der Waals surface area contributed by atoms with Crippen LogP contribution in [0.15, 0.2) is 69.8 Å². The molecule has 180 valence electrons. The molecule has 13 heteroatoms. The summed E-state index contributed by atoms with van der Waals surface area (Å²) in [6.07, 6.45) is 4.31. The first kappa shape index (κ1) is 27.5. The van der Waals surface area contributed by atoms with E-state index in [-0.39, 0.29) is 0 Å². The number of hydrogen-bond donors (Lipinski definition) is 7. The Kier molecular flexibility index (Phi) is 17.0. The van der Waals surface area contributed by atoms with Crippen LogP contribution in [0.2, 0.25) is 0 Å². The summed E-state index contributed by atoms with van der Waals surface area (Å²) < 4.78 is 0. The van der Waals surface area contributed by atoms with Crippen LogP contribution >= 0.6 is 0 Å². The molecule has 1 saturated heterocycles. The second-order valence-electron chi connectivity index (χ2n) is 6.31. The SMILES string of the molecule is C1CNCCNCCNCCN1.O=c1[nH]c(=O)[nH]c(=O)[nH]1.c1ccccc1.c1ncncn1. The maximum absolute atomic E-state index is 10.2. The van der Waals surface area contributed by atoms with Gasteiger partial charge >= 0.3 is 17.1 Å². The molecular formula is C20H32N10O3. The standard InChI is InChI=1S/C8H20N4.C6H6.C3H3N3O3.C3H3N3/c1-2-10-5-6-12-8-7-11-4-3-9-1;1-2-4-6-5-3-1;7-1-4-2(8)6-3(9)5-1;1-4-2-6-3-5-1/h9-12H,1-8H2;1-6H;(H3,4,5,6,7,8,9);1-3H. The minimum Gasteiger partial charge on any atom is -0.314 e. The molecule has 4 rings (SSSR count). The lowest BCUT2D eigenvalue weighted by Crippen LogP contribution is -2.39. The van der Waals surface area contributed by atoms with E-state index in [4.69, 9.17) is 0 Å². The first-order chi connectivity index (χ1) is 16.2. The number of benzene rings is 1. The van der Waals surface area contributed by atoms with Crippen LogP contribution in [0.5, 0.6) is 0 Å². The quantitative estimate of drug-likeness (QED) is 0.192. The maximum Gasteiger partial charge on any atom is 0.330 e. The molecule has 1 aliphatic rings. The summed E-state index contributed by atoms with van der Waals surface area (Å²) in [5.41, 5.74) is -2.41. The molecule has 1 aromatic carbocycles. The van der Waals surface area contributed by atoms with Crippen molar-refractivity contribution in [3.8, 4) is 0 Å². The van der Waals surface area contributed by atoms with Crippen LogP contribution in [0.4, 0.5) is 0 Å². The number of aromatic nitrogens is 6. The van der Waals surface area contributed by atoms with Crippen molar-refractivity contribution in [1.29, 1.82) is 0 Å². The van der Waals surface area contributed by atoms with Gasteiger partial charge in [0.25, 0.3) is 0 Å². The first-order valence-electron chi connectivity index (χ1n) is 10.5. The molecule has 3 heterocycles. The summed E-state index contributed by atoms with van der Waals surface area (Å²) in [5, 5.41) is 13.4. The lowest BCUT2D eigenvalue weighted by molar-refractivity contribution is 0.534. The highest BCUT2D eigenvalue weighted by Gasteiger charge is 1.92. The predicted molar refractivity (Wildman–Crippen MR) is 126 cm³/mol. The molecule has 0 atom stereocenters. The van der Waals surface area contributed by atoms with E-state index in [1.54, 1.807) is 15.0 Å². The predicted octanol–water partition coefficient (Wildman–Crippen LogP) is -2.33. The average Bonchev–Trinajstić information content (AvgIpc) is 2.82. The molecular weight excluding hydrogens is 428 g/mol. The molecule has 3 aromatic rings. The number of aromatic amines is 3. The van der Waals surface area contributed by atoms with Gasteiger partial charge in [-0.3, -0.25) is 15.0 Å². The largest absolute Gasteiger partial charge is 0.330 e. The topological polar surface area (TPSA) is 185 Å². The van der Waals surface area contributed by atoms with Gasteiger partial charge in [0.15, 0.2) is 0 Å². The van der Waals surface area contributed by atoms with Crippen LogP contribution in [0.1, 0.15) is 0 Å². The zero-order chi connectivity index (χ0) is 23.8. The summed E-state index contributed by atoms with van der Waals surface area (Å²) in [4.78, 5) is 46.6. The van der Waals surface area contributed by atoms with E-state index >= 15 is 0 Å². The van der Waals surface area contributed by atoms with Gasteiger partial charge in [-0.25, -0.2) is 29.3 Å². The minimum atomic E-state index is -0.802. The lowest BCUT2D eigenvalue weighted by Gasteiger charge is -2.11. The van der Waals surface area contributed by atoms with Crippen molar-refractivity contribution >= 4 is 0 Å². The number of nitrogens with one attached hydrogen (secondary N) is 7. The van der Waals surface area contributed by atoms with Crippen LogP contribution < -0.4 is 38.3 Å². The Morgan fingerprint density at radius 2 is 0.636 bits per heavy atom. The lowest BCUT2D eigenvalue weighted by atomic mass is 10.4. The van der Waals surface area contributed by atoms with Crippen molar-refractivity contribution in [2.24, 2.45) is 0 Å². The molecule has 2 aromatic heterocycles. The molecule has 0 unspecified atom stereocenters. The van der Waals surface area contributed by atoms with Gasteiger partial charge in [-0.2, -0.15) is 0 Å². The molecule has 0 radical (unpaired) electrons. The number of H-pyrrole nitrogens is 3. The molecule has 0 aliphatic carbocycles. The molecule has 7 N–H and O–H groups in total. The van der Waals surface area contributed by atoms with Crippen LogP contribution in [0.25, 0.3) is 0 Å². The van der Waals surface area contributed by atoms with Crippen molar-refractivity contribution in [3.63, 3.8) is 0 Å². The van der Waals surface area contributed by atoms with Crippen LogP contribution in [-0.4, -0.2) is 82.3 Å². The molecule has 1 fully saturated rings. The maximum atomic E-state index is 10.2. The third kappa shape index (κ3) is 18.9. The fraction of sp³-hybridized carbons (Fsp3) is 0.400. The van der Waals surface area contributed by atoms with E-state index in [2.05, 4.69) is 36.2 Å². The van der Waals surface area contributed by atoms with Gasteiger partial charge in [0.2, 0.25) is 0 Å². The summed E-state index contributed by atoms with van der Waals surface area (Å²) in [6.45, 7) is 8.57. The van der Waals surface area contributed by atoms with Gasteiger partial charge in [-0.05, 0) is 0 Å². The molecule has 33 heavy (non-hydrogen) atoms. The van der Waals surface area contributed by atoms with Crippen molar-refractivity contribution in [2.75, 3.05) is 52.4 Å². The molecule has 0 bridgehead atoms. The summed E-state index contributed by atoms with van der Waals surface area (Å²) >= 11 is 0. The molecule has 13 nitrogen and oxygen atoms in total. The highest BCUT2D eigenvalue weighted by atomic mass is 16.2. The van der Waals surface area contributed by atoms with Gasteiger partial charge < -0.3 is 21.3 Å². The van der Waals surface area contributed by atoms with E-state index < -0.39 is 17.1 Å². The highest BCUT2D eigenvalue weighted by molar-refractivity contribution is 4.99. The third-order valence-corrected chi connectivity index (χ3v) is 3.66. The van der Waals surface area contributed by atoms with Crippen molar-refractivity contribution < 1.29 is 0 Å². The Morgan fingerprint density at radius 1 is 0.424 bits per heavy atom. The van der Waals surface area contributed by atoms with Gasteiger partial charge in [-0.1, -0.05) is 36.4 Å². The second kappa shape index (κ2) is 20.4. The van der Waals surface area contributed by atoms with E-state index in [0.717, 1.165) is 52.4 Å². The average molecular weight is 461 g/mol. The highest BCUT2D eigenvalue weighted by Crippen LogP contribution is 1.79. The second-order valence-corrected chi connectivity index (χ2v) is 6.31. The van der Waals surface area contributed by atoms with Crippen LogP contribution in [0, 0.1) is 0 Å². The monoisotopic (exact) mass is 460 g/mol. The first-order valence-corrected chi connectivity index (χ1v) is 10.5. The van der Waals surface area contributed by atoms with Gasteiger partial charge in [0.1, 0.15) is 19.0 Å². The Hall–Kier alpha value is -3.52. The van der Waals surface area contributed by atoms with Gasteiger partial charge in [0.05, 0.1) is 0 Å². The van der Waals surface area contributed by atoms with E-state index in [0.29, 0.717) is 0 Å². The third-order valence-electron chi connectivity index (χ3n) is 3.66. The molecule has 0 spiro atoms.